The van der Waals surface area contributed by atoms with E-state index in [-0.39, 0.29) is 11.7 Å². The maximum Gasteiger partial charge on any atom is 0.338 e. The Morgan fingerprint density at radius 3 is 2.83 bits per heavy atom. The van der Waals surface area contributed by atoms with Crippen LogP contribution in [0.2, 0.25) is 0 Å². The topological polar surface area (TPSA) is 86.7 Å². The average molecular weight is 345 g/mol. The number of carbonyl (C=O) groups is 2. The van der Waals surface area contributed by atoms with Gasteiger partial charge in [0.15, 0.2) is 4.80 Å². The van der Waals surface area contributed by atoms with Gasteiger partial charge in [0, 0.05) is 13.1 Å². The van der Waals surface area contributed by atoms with Crippen LogP contribution in [0.5, 0.6) is 0 Å². The minimum atomic E-state index is -0.497. The molecule has 3 aromatic rings. The number of aromatic nitrogens is 2. The van der Waals surface area contributed by atoms with Crippen molar-refractivity contribution in [3.8, 4) is 0 Å². The van der Waals surface area contributed by atoms with E-state index in [0.29, 0.717) is 22.7 Å². The first kappa shape index (κ1) is 16.1. The van der Waals surface area contributed by atoms with E-state index in [9.17, 15) is 9.59 Å². The Morgan fingerprint density at radius 1 is 1.38 bits per heavy atom. The number of carbonyl (C=O) groups excluding carboxylic acids is 2. The fourth-order valence-corrected chi connectivity index (χ4v) is 3.24. The molecule has 24 heavy (non-hydrogen) atoms. The first-order valence-corrected chi connectivity index (χ1v) is 8.10. The van der Waals surface area contributed by atoms with Crippen molar-refractivity contribution >= 4 is 33.4 Å². The van der Waals surface area contributed by atoms with Crippen LogP contribution in [0.4, 0.5) is 0 Å². The first-order valence-electron chi connectivity index (χ1n) is 7.28. The lowest BCUT2D eigenvalue weighted by atomic mass is 10.2. The molecule has 0 spiro atoms. The lowest BCUT2D eigenvalue weighted by Crippen LogP contribution is -2.13. The van der Waals surface area contributed by atoms with Gasteiger partial charge in [0.2, 0.25) is 5.76 Å². The average Bonchev–Trinajstić information content (AvgIpc) is 3.12. The summed E-state index contributed by atoms with van der Waals surface area (Å²) in [6.07, 6.45) is 0. The SMILES string of the molecule is CCOC(=O)c1ccc2c(c1)sc(=NC(=O)c1cc(C)no1)n2C. The molecule has 0 saturated carbocycles. The summed E-state index contributed by atoms with van der Waals surface area (Å²) in [5.41, 5.74) is 1.96. The molecular weight excluding hydrogens is 330 g/mol. The van der Waals surface area contributed by atoms with Crippen LogP contribution in [-0.4, -0.2) is 28.2 Å². The zero-order valence-electron chi connectivity index (χ0n) is 13.4. The number of aryl methyl sites for hydroxylation is 2. The lowest BCUT2D eigenvalue weighted by molar-refractivity contribution is 0.0526. The molecule has 1 aromatic carbocycles. The molecule has 0 fully saturated rings. The number of hydrogen-bond donors (Lipinski definition) is 0. The van der Waals surface area contributed by atoms with Gasteiger partial charge in [-0.3, -0.25) is 4.79 Å². The summed E-state index contributed by atoms with van der Waals surface area (Å²) in [6.45, 7) is 3.81. The second-order valence-electron chi connectivity index (χ2n) is 5.10. The molecular formula is C16H15N3O4S. The van der Waals surface area contributed by atoms with E-state index in [1.165, 1.54) is 17.4 Å². The summed E-state index contributed by atoms with van der Waals surface area (Å²) in [5.74, 6) is -0.775. The third-order valence-corrected chi connectivity index (χ3v) is 4.45. The van der Waals surface area contributed by atoms with Gasteiger partial charge in [-0.05, 0) is 32.0 Å². The smallest absolute Gasteiger partial charge is 0.338 e. The highest BCUT2D eigenvalue weighted by atomic mass is 32.1. The third-order valence-electron chi connectivity index (χ3n) is 3.36. The quantitative estimate of drug-likeness (QED) is 0.681. The molecule has 0 unspecified atom stereocenters. The van der Waals surface area contributed by atoms with Gasteiger partial charge in [-0.25, -0.2) is 4.79 Å². The zero-order chi connectivity index (χ0) is 17.3. The van der Waals surface area contributed by atoms with Crippen molar-refractivity contribution in [1.82, 2.24) is 9.72 Å². The maximum absolute atomic E-state index is 12.1. The van der Waals surface area contributed by atoms with Gasteiger partial charge >= 0.3 is 11.9 Å². The van der Waals surface area contributed by atoms with E-state index in [1.807, 2.05) is 0 Å². The van der Waals surface area contributed by atoms with E-state index in [2.05, 4.69) is 10.1 Å². The molecule has 2 heterocycles. The van der Waals surface area contributed by atoms with E-state index < -0.39 is 5.91 Å². The largest absolute Gasteiger partial charge is 0.462 e. The van der Waals surface area contributed by atoms with Gasteiger partial charge in [0.1, 0.15) is 0 Å². The number of nitrogens with zero attached hydrogens (tertiary/aromatic N) is 3. The third kappa shape index (κ3) is 3.00. The van der Waals surface area contributed by atoms with Gasteiger partial charge in [-0.15, -0.1) is 0 Å². The molecule has 2 aromatic heterocycles. The zero-order valence-corrected chi connectivity index (χ0v) is 14.2. The van der Waals surface area contributed by atoms with Crippen molar-refractivity contribution < 1.29 is 18.8 Å². The number of rotatable bonds is 3. The molecule has 0 radical (unpaired) electrons. The van der Waals surface area contributed by atoms with Crippen molar-refractivity contribution in [3.63, 3.8) is 0 Å². The Morgan fingerprint density at radius 2 is 2.17 bits per heavy atom. The molecule has 124 valence electrons. The Hall–Kier alpha value is -2.74. The van der Waals surface area contributed by atoms with Crippen molar-refractivity contribution in [2.24, 2.45) is 12.0 Å². The summed E-state index contributed by atoms with van der Waals surface area (Å²) in [7, 11) is 1.81. The summed E-state index contributed by atoms with van der Waals surface area (Å²) in [4.78, 5) is 28.5. The molecule has 1 amide bonds. The van der Waals surface area contributed by atoms with Crippen molar-refractivity contribution in [2.75, 3.05) is 6.61 Å². The Balaban J connectivity index is 2.03. The Labute approximate surface area is 141 Å². The number of hydrogen-bond acceptors (Lipinski definition) is 6. The second kappa shape index (κ2) is 6.40. The maximum atomic E-state index is 12.1. The van der Waals surface area contributed by atoms with Crippen LogP contribution < -0.4 is 4.80 Å². The Kier molecular flexibility index (Phi) is 4.30. The molecule has 0 atom stereocenters. The summed E-state index contributed by atoms with van der Waals surface area (Å²) < 4.78 is 12.6. The van der Waals surface area contributed by atoms with Crippen LogP contribution in [0.15, 0.2) is 33.8 Å². The van der Waals surface area contributed by atoms with Crippen LogP contribution in [0, 0.1) is 6.92 Å². The van der Waals surface area contributed by atoms with E-state index >= 15 is 0 Å². The molecule has 0 bridgehead atoms. The summed E-state index contributed by atoms with van der Waals surface area (Å²) in [6, 6.07) is 6.77. The van der Waals surface area contributed by atoms with Crippen molar-refractivity contribution in [1.29, 1.82) is 0 Å². The van der Waals surface area contributed by atoms with Crippen LogP contribution in [0.25, 0.3) is 10.2 Å². The minimum absolute atomic E-state index is 0.0946. The molecule has 0 N–H and O–H groups in total. The summed E-state index contributed by atoms with van der Waals surface area (Å²) in [5, 5.41) is 3.68. The minimum Gasteiger partial charge on any atom is -0.462 e. The van der Waals surface area contributed by atoms with Crippen LogP contribution in [0.3, 0.4) is 0 Å². The molecule has 0 aliphatic heterocycles. The fraction of sp³-hybridized carbons (Fsp3) is 0.250. The highest BCUT2D eigenvalue weighted by molar-refractivity contribution is 7.16. The van der Waals surface area contributed by atoms with Crippen LogP contribution >= 0.6 is 11.3 Å². The molecule has 0 aliphatic carbocycles. The number of thiazole rings is 1. The summed E-state index contributed by atoms with van der Waals surface area (Å²) >= 11 is 1.31. The number of ether oxygens (including phenoxy) is 1. The van der Waals surface area contributed by atoms with E-state index in [1.54, 1.807) is 43.7 Å². The number of benzene rings is 1. The molecule has 7 nitrogen and oxygen atoms in total. The highest BCUT2D eigenvalue weighted by Gasteiger charge is 2.13. The molecule has 3 rings (SSSR count). The normalized spacial score (nSPS) is 11.9. The fourth-order valence-electron chi connectivity index (χ4n) is 2.19. The van der Waals surface area contributed by atoms with Crippen molar-refractivity contribution in [2.45, 2.75) is 13.8 Å². The first-order chi connectivity index (χ1) is 11.5. The number of amides is 1. The highest BCUT2D eigenvalue weighted by Crippen LogP contribution is 2.19. The lowest BCUT2D eigenvalue weighted by Gasteiger charge is -2.01. The van der Waals surface area contributed by atoms with Crippen molar-refractivity contribution in [3.05, 3.63) is 46.1 Å². The van der Waals surface area contributed by atoms with Gasteiger partial charge in [-0.1, -0.05) is 16.5 Å². The van der Waals surface area contributed by atoms with Crippen LogP contribution in [0.1, 0.15) is 33.5 Å². The predicted molar refractivity (Wildman–Crippen MR) is 87.9 cm³/mol. The number of fused-ring (bicyclic) bond motifs is 1. The molecule has 0 aliphatic rings. The number of esters is 1. The van der Waals surface area contributed by atoms with Crippen LogP contribution in [-0.2, 0) is 11.8 Å². The van der Waals surface area contributed by atoms with E-state index in [4.69, 9.17) is 9.26 Å². The van der Waals surface area contributed by atoms with E-state index in [0.717, 1.165) is 10.2 Å². The monoisotopic (exact) mass is 345 g/mol. The second-order valence-corrected chi connectivity index (χ2v) is 6.11. The Bertz CT molecular complexity index is 996. The van der Waals surface area contributed by atoms with Gasteiger partial charge < -0.3 is 13.8 Å². The molecule has 0 saturated heterocycles. The van der Waals surface area contributed by atoms with Gasteiger partial charge in [0.05, 0.1) is 28.1 Å². The standard InChI is InChI=1S/C16H15N3O4S/c1-4-22-15(21)10-5-6-11-13(8-10)24-16(19(11)3)17-14(20)12-7-9(2)18-23-12/h5-8H,4H2,1-3H3. The predicted octanol–water partition coefficient (Wildman–Crippen LogP) is 2.45. The van der Waals surface area contributed by atoms with Gasteiger partial charge in [0.25, 0.3) is 0 Å². The molecule has 8 heteroatoms. The van der Waals surface area contributed by atoms with Gasteiger partial charge in [-0.2, -0.15) is 4.99 Å².